The van der Waals surface area contributed by atoms with Crippen LogP contribution in [-0.2, 0) is 4.79 Å². The molecule has 9 heteroatoms. The van der Waals surface area contributed by atoms with Crippen LogP contribution in [0.5, 0.6) is 5.75 Å². The zero-order valence-corrected chi connectivity index (χ0v) is 15.0. The van der Waals surface area contributed by atoms with Gasteiger partial charge in [-0.1, -0.05) is 28.1 Å². The Labute approximate surface area is 155 Å². The predicted octanol–water partition coefficient (Wildman–Crippen LogP) is 3.11. The lowest BCUT2D eigenvalue weighted by Gasteiger charge is -2.27. The first-order chi connectivity index (χ1) is 12.3. The third-order valence-corrected chi connectivity index (χ3v) is 4.45. The molecule has 3 rings (SSSR count). The molecule has 1 heterocycles. The molecule has 26 heavy (non-hydrogen) atoms. The summed E-state index contributed by atoms with van der Waals surface area (Å²) in [5.74, 6) is -4.15. The molecule has 1 saturated heterocycles. The summed E-state index contributed by atoms with van der Waals surface area (Å²) in [6.07, 6.45) is -1.20. The van der Waals surface area contributed by atoms with E-state index in [-0.39, 0.29) is 5.75 Å². The van der Waals surface area contributed by atoms with E-state index >= 15 is 0 Å². The Kier molecular flexibility index (Phi) is 4.92. The number of halogens is 3. The zero-order chi connectivity index (χ0) is 19.0. The van der Waals surface area contributed by atoms with Crippen molar-refractivity contribution >= 4 is 27.7 Å². The van der Waals surface area contributed by atoms with Gasteiger partial charge in [0.25, 0.3) is 11.8 Å². The van der Waals surface area contributed by atoms with Crippen LogP contribution in [0.1, 0.15) is 22.1 Å². The van der Waals surface area contributed by atoms with Crippen molar-refractivity contribution in [2.75, 3.05) is 13.7 Å². The fourth-order valence-corrected chi connectivity index (χ4v) is 3.18. The van der Waals surface area contributed by atoms with Gasteiger partial charge < -0.3 is 9.64 Å². The summed E-state index contributed by atoms with van der Waals surface area (Å²) in [4.78, 5) is 25.6. The molecule has 1 unspecified atom stereocenters. The molecule has 1 atom stereocenters. The van der Waals surface area contributed by atoms with E-state index in [1.807, 2.05) is 0 Å². The van der Waals surface area contributed by atoms with Crippen molar-refractivity contribution in [1.82, 2.24) is 9.96 Å². The first-order valence-electron chi connectivity index (χ1n) is 7.44. The molecule has 6 nitrogen and oxygen atoms in total. The number of rotatable bonds is 3. The maximum Gasteiger partial charge on any atom is 0.267 e. The van der Waals surface area contributed by atoms with Gasteiger partial charge in [0, 0.05) is 16.6 Å². The van der Waals surface area contributed by atoms with E-state index in [1.54, 1.807) is 24.3 Å². The van der Waals surface area contributed by atoms with Gasteiger partial charge in [-0.25, -0.2) is 8.78 Å². The number of nitrogens with zero attached hydrogens (tertiary/aromatic N) is 2. The molecule has 0 saturated carbocycles. The van der Waals surface area contributed by atoms with Crippen LogP contribution in [0.4, 0.5) is 8.78 Å². The average molecular weight is 427 g/mol. The number of ether oxygens (including phenoxy) is 1. The number of carbonyl (C=O) groups excluding carboxylic acids is 2. The lowest BCUT2D eigenvalue weighted by molar-refractivity contribution is -0.168. The van der Waals surface area contributed by atoms with E-state index in [2.05, 4.69) is 15.9 Å². The molecule has 1 N–H and O–H groups in total. The van der Waals surface area contributed by atoms with Crippen LogP contribution in [-0.4, -0.2) is 40.6 Å². The highest BCUT2D eigenvalue weighted by atomic mass is 79.9. The van der Waals surface area contributed by atoms with Gasteiger partial charge in [-0.15, -0.1) is 0 Å². The van der Waals surface area contributed by atoms with Crippen LogP contribution < -0.4 is 4.74 Å². The maximum absolute atomic E-state index is 14.3. The smallest absolute Gasteiger partial charge is 0.267 e. The third-order valence-electron chi connectivity index (χ3n) is 3.96. The molecule has 1 fully saturated rings. The van der Waals surface area contributed by atoms with Crippen LogP contribution in [0, 0.1) is 11.6 Å². The van der Waals surface area contributed by atoms with E-state index < -0.39 is 41.7 Å². The number of carbonyl (C=O) groups is 2. The highest BCUT2D eigenvalue weighted by molar-refractivity contribution is 9.10. The summed E-state index contributed by atoms with van der Waals surface area (Å²) in [6.45, 7) is -0.516. The summed E-state index contributed by atoms with van der Waals surface area (Å²) in [5.41, 5.74) is -0.427. The lowest BCUT2D eigenvalue weighted by Crippen LogP contribution is -2.35. The highest BCUT2D eigenvalue weighted by Crippen LogP contribution is 2.33. The predicted molar refractivity (Wildman–Crippen MR) is 89.5 cm³/mol. The molecule has 0 spiro atoms. The first kappa shape index (κ1) is 18.3. The van der Waals surface area contributed by atoms with E-state index in [0.717, 1.165) is 17.0 Å². The Bertz CT molecular complexity index is 870. The molecular weight excluding hydrogens is 414 g/mol. The summed E-state index contributed by atoms with van der Waals surface area (Å²) >= 11 is 3.26. The van der Waals surface area contributed by atoms with Crippen LogP contribution >= 0.6 is 15.9 Å². The van der Waals surface area contributed by atoms with E-state index in [1.165, 1.54) is 7.11 Å². The molecule has 1 aliphatic heterocycles. The molecule has 0 aliphatic carbocycles. The fraction of sp³-hybridized carbons (Fsp3) is 0.176. The van der Waals surface area contributed by atoms with Gasteiger partial charge in [0.2, 0.25) is 0 Å². The largest absolute Gasteiger partial charge is 0.497 e. The first-order valence-corrected chi connectivity index (χ1v) is 8.23. The highest BCUT2D eigenvalue weighted by Gasteiger charge is 2.43. The molecule has 0 bridgehead atoms. The molecule has 1 aliphatic rings. The normalized spacial score (nSPS) is 17.0. The third kappa shape index (κ3) is 3.15. The minimum atomic E-state index is -1.20. The topological polar surface area (TPSA) is 70.1 Å². The Balaban J connectivity index is 2.04. The van der Waals surface area contributed by atoms with Crippen molar-refractivity contribution in [3.63, 3.8) is 0 Å². The summed E-state index contributed by atoms with van der Waals surface area (Å²) in [5, 5.41) is 10.4. The number of methoxy groups -OCH3 is 1. The summed E-state index contributed by atoms with van der Waals surface area (Å²) < 4.78 is 33.9. The van der Waals surface area contributed by atoms with Crippen LogP contribution in [0.15, 0.2) is 40.9 Å². The van der Waals surface area contributed by atoms with Crippen LogP contribution in [0.3, 0.4) is 0 Å². The number of benzene rings is 2. The van der Waals surface area contributed by atoms with Crippen molar-refractivity contribution in [2.45, 2.75) is 6.17 Å². The molecule has 2 aromatic rings. The Hall–Kier alpha value is -2.52. The van der Waals surface area contributed by atoms with E-state index in [0.29, 0.717) is 15.1 Å². The van der Waals surface area contributed by atoms with E-state index in [4.69, 9.17) is 4.74 Å². The Morgan fingerprint density at radius 3 is 2.50 bits per heavy atom. The van der Waals surface area contributed by atoms with Gasteiger partial charge in [-0.05, 0) is 17.7 Å². The average Bonchev–Trinajstić information content (AvgIpc) is 2.89. The number of hydroxylamine groups is 2. The van der Waals surface area contributed by atoms with E-state index in [9.17, 15) is 23.6 Å². The van der Waals surface area contributed by atoms with Crippen molar-refractivity contribution in [2.24, 2.45) is 0 Å². The molecule has 136 valence electrons. The maximum atomic E-state index is 14.3. The van der Waals surface area contributed by atoms with Gasteiger partial charge in [0.15, 0.2) is 6.17 Å². The van der Waals surface area contributed by atoms with Crippen molar-refractivity contribution in [3.8, 4) is 5.75 Å². The minimum Gasteiger partial charge on any atom is -0.497 e. The van der Waals surface area contributed by atoms with Crippen molar-refractivity contribution < 1.29 is 28.3 Å². The number of hydrogen-bond donors (Lipinski definition) is 1. The van der Waals surface area contributed by atoms with Gasteiger partial charge in [0.05, 0.1) is 7.11 Å². The number of hydrogen-bond acceptors (Lipinski definition) is 4. The molecule has 0 radical (unpaired) electrons. The summed E-state index contributed by atoms with van der Waals surface area (Å²) in [6, 6.07) is 8.29. The Morgan fingerprint density at radius 1 is 1.27 bits per heavy atom. The quantitative estimate of drug-likeness (QED) is 0.765. The van der Waals surface area contributed by atoms with Crippen LogP contribution in [0.25, 0.3) is 0 Å². The standard InChI is InChI=1S/C17H13BrF2N2O4/c1-26-11-6-12(19)15(13(20)7-11)17(24)21-8-14(23)22(25)16(21)9-3-2-4-10(18)5-9/h2-7,16,25H,8H2,1H3. The lowest BCUT2D eigenvalue weighted by atomic mass is 10.1. The van der Waals surface area contributed by atoms with Gasteiger partial charge in [-0.3, -0.25) is 14.8 Å². The molecular formula is C17H13BrF2N2O4. The van der Waals surface area contributed by atoms with Gasteiger partial charge in [0.1, 0.15) is 29.5 Å². The van der Waals surface area contributed by atoms with Crippen molar-refractivity contribution in [3.05, 3.63) is 63.6 Å². The SMILES string of the molecule is COc1cc(F)c(C(=O)N2CC(=O)N(O)C2c2cccc(Br)c2)c(F)c1. The second-order valence-corrected chi connectivity index (χ2v) is 6.48. The van der Waals surface area contributed by atoms with Gasteiger partial charge in [-0.2, -0.15) is 5.06 Å². The second-order valence-electron chi connectivity index (χ2n) is 5.57. The van der Waals surface area contributed by atoms with Gasteiger partial charge >= 0.3 is 0 Å². The number of amides is 2. The van der Waals surface area contributed by atoms with Crippen molar-refractivity contribution in [1.29, 1.82) is 0 Å². The second kappa shape index (κ2) is 7.00. The Morgan fingerprint density at radius 2 is 1.92 bits per heavy atom. The fourth-order valence-electron chi connectivity index (χ4n) is 2.76. The molecule has 0 aromatic heterocycles. The van der Waals surface area contributed by atoms with Crippen LogP contribution in [0.2, 0.25) is 0 Å². The zero-order valence-electron chi connectivity index (χ0n) is 13.4. The molecule has 2 amide bonds. The minimum absolute atomic E-state index is 0.0821. The monoisotopic (exact) mass is 426 g/mol. The summed E-state index contributed by atoms with van der Waals surface area (Å²) in [7, 11) is 1.24. The molecule has 2 aromatic carbocycles.